The van der Waals surface area contributed by atoms with Gasteiger partial charge in [0.1, 0.15) is 30.0 Å². The zero-order chi connectivity index (χ0) is 19.9. The van der Waals surface area contributed by atoms with E-state index < -0.39 is 73.6 Å². The van der Waals surface area contributed by atoms with E-state index in [1.165, 1.54) is 12.2 Å². The van der Waals surface area contributed by atoms with Crippen LogP contribution >= 0.6 is 0 Å². The minimum atomic E-state index is -1.85. The van der Waals surface area contributed by atoms with E-state index in [1.54, 1.807) is 0 Å². The number of carbonyl (C=O) groups is 1. The molecule has 1 fully saturated rings. The summed E-state index contributed by atoms with van der Waals surface area (Å²) in [6.07, 6.45) is -5.48. The van der Waals surface area contributed by atoms with Gasteiger partial charge in [-0.05, 0) is 0 Å². The molecule has 0 aromatic rings. The highest BCUT2D eigenvalue weighted by molar-refractivity contribution is 5.87. The first-order valence-electron chi connectivity index (χ1n) is 8.31. The van der Waals surface area contributed by atoms with Crippen LogP contribution in [0.3, 0.4) is 0 Å². The van der Waals surface area contributed by atoms with Gasteiger partial charge in [-0.15, -0.1) is 0 Å². The molecule has 0 aromatic heterocycles. The highest BCUT2D eigenvalue weighted by Crippen LogP contribution is 2.45. The molecule has 0 amide bonds. The van der Waals surface area contributed by atoms with Crippen molar-refractivity contribution in [3.8, 4) is 0 Å². The summed E-state index contributed by atoms with van der Waals surface area (Å²) >= 11 is 0. The number of aliphatic hydroxyl groups is 6. The summed E-state index contributed by atoms with van der Waals surface area (Å²) in [5.74, 6) is -3.20. The van der Waals surface area contributed by atoms with Crippen LogP contribution in [0.15, 0.2) is 24.0 Å². The second-order valence-electron chi connectivity index (χ2n) is 6.78. The van der Waals surface area contributed by atoms with Crippen molar-refractivity contribution in [2.24, 2.45) is 11.8 Å². The third-order valence-electron chi connectivity index (χ3n) is 5.15. The monoisotopic (exact) mass is 390 g/mol. The molecule has 0 aromatic carbocycles. The molecule has 1 unspecified atom stereocenters. The Morgan fingerprint density at radius 3 is 2.44 bits per heavy atom. The largest absolute Gasteiger partial charge is 0.478 e. The molecule has 2 heterocycles. The maximum absolute atomic E-state index is 11.4. The standard InChI is InChI=1S/C16H22O11/c17-3-8-10(19)11(20)12(21)15(26-8)27-14-9-6(1-2-16(9,24)5-18)7(4-25-14)13(22)23/h1-2,4,6,8-12,14-15,17-21,24H,3,5H2,(H,22,23)/t6-,8-,9-,10-,11+,12?,14+,15+,16+/m1/s1. The van der Waals surface area contributed by atoms with Crippen molar-refractivity contribution in [2.75, 3.05) is 13.2 Å². The summed E-state index contributed by atoms with van der Waals surface area (Å²) in [4.78, 5) is 11.4. The molecule has 0 radical (unpaired) electrons. The molecule has 2 aliphatic heterocycles. The van der Waals surface area contributed by atoms with Crippen LogP contribution in [0.1, 0.15) is 0 Å². The van der Waals surface area contributed by atoms with Crippen molar-refractivity contribution in [1.29, 1.82) is 0 Å². The number of rotatable bonds is 5. The van der Waals surface area contributed by atoms with Crippen molar-refractivity contribution >= 4 is 5.97 Å². The van der Waals surface area contributed by atoms with Crippen molar-refractivity contribution in [3.63, 3.8) is 0 Å². The van der Waals surface area contributed by atoms with E-state index in [0.717, 1.165) is 6.26 Å². The van der Waals surface area contributed by atoms with Crippen LogP contribution in [-0.2, 0) is 19.0 Å². The van der Waals surface area contributed by atoms with Crippen LogP contribution in [-0.4, -0.2) is 97.5 Å². The molecule has 11 nitrogen and oxygen atoms in total. The number of aliphatic hydroxyl groups excluding tert-OH is 5. The van der Waals surface area contributed by atoms with E-state index in [-0.39, 0.29) is 5.57 Å². The minimum absolute atomic E-state index is 0.158. The van der Waals surface area contributed by atoms with Crippen molar-refractivity contribution in [3.05, 3.63) is 24.0 Å². The number of ether oxygens (including phenoxy) is 3. The highest BCUT2D eigenvalue weighted by Gasteiger charge is 2.55. The Bertz CT molecular complexity index is 632. The van der Waals surface area contributed by atoms with Gasteiger partial charge in [0, 0.05) is 5.92 Å². The third kappa shape index (κ3) is 3.37. The van der Waals surface area contributed by atoms with Gasteiger partial charge in [-0.25, -0.2) is 4.79 Å². The lowest BCUT2D eigenvalue weighted by Gasteiger charge is -2.44. The van der Waals surface area contributed by atoms with Crippen LogP contribution in [0, 0.1) is 11.8 Å². The number of hydrogen-bond acceptors (Lipinski definition) is 10. The fourth-order valence-electron chi connectivity index (χ4n) is 3.60. The number of carboxylic acids is 1. The van der Waals surface area contributed by atoms with Gasteiger partial charge in [0.25, 0.3) is 0 Å². The number of allylic oxidation sites excluding steroid dienone is 1. The molecule has 11 heteroatoms. The van der Waals surface area contributed by atoms with E-state index in [2.05, 4.69) is 0 Å². The quantitative estimate of drug-likeness (QED) is 0.233. The Balaban J connectivity index is 1.84. The maximum Gasteiger partial charge on any atom is 0.335 e. The first-order chi connectivity index (χ1) is 12.7. The van der Waals surface area contributed by atoms with Gasteiger partial charge in [0.15, 0.2) is 6.29 Å². The van der Waals surface area contributed by atoms with Crippen LogP contribution < -0.4 is 0 Å². The molecular formula is C16H22O11. The predicted octanol–water partition coefficient (Wildman–Crippen LogP) is -3.35. The smallest absolute Gasteiger partial charge is 0.335 e. The average molecular weight is 390 g/mol. The van der Waals surface area contributed by atoms with Gasteiger partial charge >= 0.3 is 5.97 Å². The lowest BCUT2D eigenvalue weighted by atomic mass is 9.79. The normalized spacial score (nSPS) is 46.5. The van der Waals surface area contributed by atoms with Crippen molar-refractivity contribution < 1.29 is 54.8 Å². The lowest BCUT2D eigenvalue weighted by molar-refractivity contribution is -0.346. The molecule has 9 atom stereocenters. The van der Waals surface area contributed by atoms with Crippen LogP contribution in [0.4, 0.5) is 0 Å². The van der Waals surface area contributed by atoms with E-state index in [1.807, 2.05) is 0 Å². The van der Waals surface area contributed by atoms with Crippen molar-refractivity contribution in [2.45, 2.75) is 42.6 Å². The predicted molar refractivity (Wildman–Crippen MR) is 83.6 cm³/mol. The van der Waals surface area contributed by atoms with Crippen LogP contribution in [0.2, 0.25) is 0 Å². The molecule has 7 N–H and O–H groups in total. The third-order valence-corrected chi connectivity index (χ3v) is 5.15. The Morgan fingerprint density at radius 2 is 1.85 bits per heavy atom. The molecule has 152 valence electrons. The summed E-state index contributed by atoms with van der Waals surface area (Å²) in [6, 6.07) is 0. The molecule has 1 saturated heterocycles. The summed E-state index contributed by atoms with van der Waals surface area (Å²) < 4.78 is 16.0. The van der Waals surface area contributed by atoms with Gasteiger partial charge in [0.05, 0.1) is 31.0 Å². The molecule has 1 aliphatic carbocycles. The number of fused-ring (bicyclic) bond motifs is 1. The molecule has 0 spiro atoms. The first-order valence-corrected chi connectivity index (χ1v) is 8.31. The van der Waals surface area contributed by atoms with E-state index in [9.17, 15) is 40.5 Å². The number of aliphatic carboxylic acids is 1. The second-order valence-corrected chi connectivity index (χ2v) is 6.78. The molecule has 3 rings (SSSR count). The molecule has 0 bridgehead atoms. The van der Waals surface area contributed by atoms with E-state index in [4.69, 9.17) is 14.2 Å². The zero-order valence-electron chi connectivity index (χ0n) is 14.0. The first kappa shape index (κ1) is 20.2. The van der Waals surface area contributed by atoms with E-state index in [0.29, 0.717) is 0 Å². The van der Waals surface area contributed by atoms with Crippen LogP contribution in [0.5, 0.6) is 0 Å². The van der Waals surface area contributed by atoms with Gasteiger partial charge in [0.2, 0.25) is 6.29 Å². The van der Waals surface area contributed by atoms with Gasteiger partial charge < -0.3 is 50.0 Å². The lowest BCUT2D eigenvalue weighted by Crippen LogP contribution is -2.61. The van der Waals surface area contributed by atoms with Crippen molar-refractivity contribution in [1.82, 2.24) is 0 Å². The molecule has 3 aliphatic rings. The molecule has 27 heavy (non-hydrogen) atoms. The molecule has 0 saturated carbocycles. The second kappa shape index (κ2) is 7.45. The maximum atomic E-state index is 11.4. The Hall–Kier alpha value is -1.57. The van der Waals surface area contributed by atoms with Gasteiger partial charge in [-0.3, -0.25) is 0 Å². The van der Waals surface area contributed by atoms with Crippen LogP contribution in [0.25, 0.3) is 0 Å². The summed E-state index contributed by atoms with van der Waals surface area (Å²) in [5.41, 5.74) is -2.01. The van der Waals surface area contributed by atoms with E-state index >= 15 is 0 Å². The van der Waals surface area contributed by atoms with Gasteiger partial charge in [-0.2, -0.15) is 0 Å². The SMILES string of the molecule is O=C(O)C1=CO[C@@H](O[C@@H]2O[C@H](CO)[C@@H](O)[C@H](O)C2O)[C@H]2[C@@H]1C=C[C@]2(O)CO. The summed E-state index contributed by atoms with van der Waals surface area (Å²) in [5, 5.41) is 68.4. The minimum Gasteiger partial charge on any atom is -0.478 e. The number of carboxylic acid groups (broad SMARTS) is 1. The zero-order valence-corrected chi connectivity index (χ0v) is 14.0. The fraction of sp³-hybridized carbons (Fsp3) is 0.688. The Labute approximate surface area is 153 Å². The fourth-order valence-corrected chi connectivity index (χ4v) is 3.60. The summed E-state index contributed by atoms with van der Waals surface area (Å²) in [6.45, 7) is -1.40. The Morgan fingerprint density at radius 1 is 1.15 bits per heavy atom. The topological polar surface area (TPSA) is 186 Å². The number of hydrogen-bond donors (Lipinski definition) is 7. The average Bonchev–Trinajstić information content (AvgIpc) is 3.01. The summed E-state index contributed by atoms with van der Waals surface area (Å²) in [7, 11) is 0. The highest BCUT2D eigenvalue weighted by atomic mass is 16.8. The molecular weight excluding hydrogens is 368 g/mol. The Kier molecular flexibility index (Phi) is 5.57. The van der Waals surface area contributed by atoms with Gasteiger partial charge in [-0.1, -0.05) is 12.2 Å².